The summed E-state index contributed by atoms with van der Waals surface area (Å²) < 4.78 is 22.6. The third-order valence-corrected chi connectivity index (χ3v) is 9.93. The molecule has 0 bridgehead atoms. The average molecular weight is 750 g/mol. The maximum absolute atomic E-state index is 12.8. The highest BCUT2D eigenvalue weighted by atomic mass is 31.2. The van der Waals surface area contributed by atoms with Gasteiger partial charge in [0.2, 0.25) is 5.91 Å². The van der Waals surface area contributed by atoms with Crippen molar-refractivity contribution in [3.05, 3.63) is 36.5 Å². The van der Waals surface area contributed by atoms with Crippen molar-refractivity contribution in [2.24, 2.45) is 0 Å². The van der Waals surface area contributed by atoms with Gasteiger partial charge in [0.25, 0.3) is 0 Å². The zero-order valence-corrected chi connectivity index (χ0v) is 31.6. The number of amides is 1. The first-order valence-corrected chi connectivity index (χ1v) is 20.5. The molecule has 1 saturated carbocycles. The van der Waals surface area contributed by atoms with Gasteiger partial charge in [-0.3, -0.25) is 13.8 Å². The highest BCUT2D eigenvalue weighted by Crippen LogP contribution is 2.47. The summed E-state index contributed by atoms with van der Waals surface area (Å²) in [4.78, 5) is 23.2. The van der Waals surface area contributed by atoms with Gasteiger partial charge < -0.3 is 46.0 Å². The summed E-state index contributed by atoms with van der Waals surface area (Å²) in [5.41, 5.74) is 0. The van der Waals surface area contributed by atoms with Crippen molar-refractivity contribution in [2.75, 3.05) is 6.61 Å². The Morgan fingerprint density at radius 3 is 1.75 bits per heavy atom. The van der Waals surface area contributed by atoms with E-state index in [9.17, 15) is 50.0 Å². The first kappa shape index (κ1) is 47.5. The van der Waals surface area contributed by atoms with Gasteiger partial charge in [-0.05, 0) is 57.8 Å². The molecule has 298 valence electrons. The van der Waals surface area contributed by atoms with Crippen molar-refractivity contribution >= 4 is 13.7 Å². The van der Waals surface area contributed by atoms with Gasteiger partial charge in [-0.25, -0.2) is 4.57 Å². The molecule has 1 rings (SSSR count). The van der Waals surface area contributed by atoms with Crippen LogP contribution in [0.25, 0.3) is 0 Å². The fraction of sp³-hybridized carbons (Fsp3) is 0.811. The van der Waals surface area contributed by atoms with E-state index in [0.717, 1.165) is 38.5 Å². The Labute approximate surface area is 305 Å². The van der Waals surface area contributed by atoms with Crippen LogP contribution >= 0.6 is 7.82 Å². The number of rotatable bonds is 29. The molecule has 8 unspecified atom stereocenters. The van der Waals surface area contributed by atoms with Crippen LogP contribution in [-0.2, 0) is 18.4 Å². The van der Waals surface area contributed by atoms with Crippen molar-refractivity contribution < 1.29 is 59.0 Å². The number of aliphatic hydroxyl groups is 7. The fourth-order valence-electron chi connectivity index (χ4n) is 5.72. The number of unbranched alkanes of at least 4 members (excludes halogenated alkanes) is 12. The summed E-state index contributed by atoms with van der Waals surface area (Å²) in [6.45, 7) is 3.61. The maximum atomic E-state index is 12.8. The summed E-state index contributed by atoms with van der Waals surface area (Å²) in [6, 6.07) is -1.26. The van der Waals surface area contributed by atoms with Gasteiger partial charge in [-0.2, -0.15) is 0 Å². The van der Waals surface area contributed by atoms with Crippen molar-refractivity contribution in [3.8, 4) is 0 Å². The van der Waals surface area contributed by atoms with E-state index in [1.54, 1.807) is 6.08 Å². The lowest BCUT2D eigenvalue weighted by atomic mass is 9.85. The largest absolute Gasteiger partial charge is 0.472 e. The van der Waals surface area contributed by atoms with Crippen molar-refractivity contribution in [1.82, 2.24) is 5.32 Å². The third kappa shape index (κ3) is 21.1. The van der Waals surface area contributed by atoms with Gasteiger partial charge >= 0.3 is 7.82 Å². The standard InChI is InChI=1S/C37H68NO12P/c1-3-5-7-9-11-13-15-16-18-20-22-24-28(39)26-31(41)38-29(30(40)25-23-21-19-17-14-12-10-8-6-4-2)27-49-51(47,48)50-37-35(45)33(43)32(42)34(44)36(37)46/h14,16-18,23,25,28-30,32-37,39-40,42-46H,3-13,15,19-22,24,26-27H2,1-2H3,(H,38,41)(H,47,48)/b17-14+,18-16-,25-23+. The van der Waals surface area contributed by atoms with E-state index in [0.29, 0.717) is 19.3 Å². The fourth-order valence-corrected chi connectivity index (χ4v) is 6.69. The van der Waals surface area contributed by atoms with Gasteiger partial charge in [-0.1, -0.05) is 102 Å². The molecular formula is C37H68NO12P. The maximum Gasteiger partial charge on any atom is 0.472 e. The quantitative estimate of drug-likeness (QED) is 0.0297. The molecule has 0 radical (unpaired) electrons. The van der Waals surface area contributed by atoms with Crippen LogP contribution in [0.1, 0.15) is 129 Å². The number of aliphatic hydroxyl groups excluding tert-OH is 7. The van der Waals surface area contributed by atoms with Crippen LogP contribution in [0.5, 0.6) is 0 Å². The van der Waals surface area contributed by atoms with Gasteiger partial charge in [-0.15, -0.1) is 0 Å². The second-order valence-electron chi connectivity index (χ2n) is 13.6. The Bertz CT molecular complexity index is 1030. The minimum absolute atomic E-state index is 0.274. The summed E-state index contributed by atoms with van der Waals surface area (Å²) in [6.07, 6.45) is 14.2. The molecule has 1 aliphatic rings. The van der Waals surface area contributed by atoms with Crippen LogP contribution in [0.4, 0.5) is 0 Å². The van der Waals surface area contributed by atoms with Crippen LogP contribution in [-0.4, -0.2) is 108 Å². The normalized spacial score (nSPS) is 25.8. The number of phosphoric acid groups is 1. The molecule has 1 amide bonds. The molecule has 51 heavy (non-hydrogen) atoms. The van der Waals surface area contributed by atoms with E-state index in [-0.39, 0.29) is 6.42 Å². The van der Waals surface area contributed by atoms with Gasteiger partial charge in [0.05, 0.1) is 31.3 Å². The van der Waals surface area contributed by atoms with Gasteiger partial charge in [0.1, 0.15) is 36.6 Å². The minimum atomic E-state index is -5.14. The molecule has 0 saturated heterocycles. The van der Waals surface area contributed by atoms with Crippen molar-refractivity contribution in [1.29, 1.82) is 0 Å². The summed E-state index contributed by atoms with van der Waals surface area (Å²) in [5, 5.41) is 73.8. The molecule has 0 aromatic carbocycles. The molecule has 1 aliphatic carbocycles. The molecule has 0 aliphatic heterocycles. The number of phosphoric ester groups is 1. The van der Waals surface area contributed by atoms with Crippen LogP contribution < -0.4 is 5.32 Å². The predicted octanol–water partition coefficient (Wildman–Crippen LogP) is 4.24. The first-order valence-electron chi connectivity index (χ1n) is 19.0. The predicted molar refractivity (Wildman–Crippen MR) is 197 cm³/mol. The molecule has 0 spiro atoms. The van der Waals surface area contributed by atoms with Gasteiger partial charge in [0, 0.05) is 0 Å². The monoisotopic (exact) mass is 749 g/mol. The lowest BCUT2D eigenvalue weighted by molar-refractivity contribution is -0.220. The van der Waals surface area contributed by atoms with E-state index in [4.69, 9.17) is 9.05 Å². The number of allylic oxidation sites excluding steroid dienone is 5. The third-order valence-electron chi connectivity index (χ3n) is 8.95. The Balaban J connectivity index is 2.71. The molecule has 0 aromatic rings. The number of nitrogens with one attached hydrogen (secondary N) is 1. The van der Waals surface area contributed by atoms with E-state index >= 15 is 0 Å². The Morgan fingerprint density at radius 2 is 1.16 bits per heavy atom. The van der Waals surface area contributed by atoms with Crippen LogP contribution in [0.3, 0.4) is 0 Å². The highest BCUT2D eigenvalue weighted by molar-refractivity contribution is 7.47. The van der Waals surface area contributed by atoms with E-state index < -0.39 is 75.2 Å². The lowest BCUT2D eigenvalue weighted by Gasteiger charge is -2.41. The summed E-state index contributed by atoms with van der Waals surface area (Å²) >= 11 is 0. The van der Waals surface area contributed by atoms with E-state index in [1.165, 1.54) is 57.4 Å². The minimum Gasteiger partial charge on any atom is -0.393 e. The molecule has 9 N–H and O–H groups in total. The summed E-state index contributed by atoms with van der Waals surface area (Å²) in [5.74, 6) is -0.625. The van der Waals surface area contributed by atoms with E-state index in [1.807, 2.05) is 0 Å². The second kappa shape index (κ2) is 28.0. The molecule has 13 nitrogen and oxygen atoms in total. The molecule has 8 atom stereocenters. The van der Waals surface area contributed by atoms with Crippen molar-refractivity contribution in [3.63, 3.8) is 0 Å². The molecular weight excluding hydrogens is 681 g/mol. The Kier molecular flexibility index (Phi) is 26.1. The molecule has 14 heteroatoms. The second-order valence-corrected chi connectivity index (χ2v) is 15.0. The molecule has 1 fully saturated rings. The topological polar surface area (TPSA) is 226 Å². The Hall–Kier alpha value is -1.48. The first-order chi connectivity index (χ1) is 24.3. The zero-order chi connectivity index (χ0) is 38.1. The number of carbonyl (C=O) groups is 1. The highest BCUT2D eigenvalue weighted by Gasteiger charge is 2.51. The summed E-state index contributed by atoms with van der Waals surface area (Å²) in [7, 11) is -5.14. The number of hydrogen-bond donors (Lipinski definition) is 9. The van der Waals surface area contributed by atoms with E-state index in [2.05, 4.69) is 43.5 Å². The van der Waals surface area contributed by atoms with Crippen molar-refractivity contribution in [2.45, 2.75) is 184 Å². The number of carbonyl (C=O) groups excluding carboxylic acids is 1. The lowest BCUT2D eigenvalue weighted by Crippen LogP contribution is -2.64. The zero-order valence-electron chi connectivity index (χ0n) is 30.8. The Morgan fingerprint density at radius 1 is 0.686 bits per heavy atom. The SMILES string of the molecule is CCCCCC/C=C/CC/C=C/C(O)C(COP(=O)(O)OC1C(O)C(O)C(O)C(O)C1O)NC(=O)CC(O)CCC/C=C\CCCCCCCC. The molecule has 0 aromatic heterocycles. The number of hydrogen-bond acceptors (Lipinski definition) is 11. The van der Waals surface area contributed by atoms with Crippen LogP contribution in [0.15, 0.2) is 36.5 Å². The molecule has 0 heterocycles. The van der Waals surface area contributed by atoms with Gasteiger partial charge in [0.15, 0.2) is 0 Å². The smallest absolute Gasteiger partial charge is 0.393 e. The van der Waals surface area contributed by atoms with Crippen LogP contribution in [0, 0.1) is 0 Å². The average Bonchev–Trinajstić information content (AvgIpc) is 3.09. The van der Waals surface area contributed by atoms with Crippen LogP contribution in [0.2, 0.25) is 0 Å².